The van der Waals surface area contributed by atoms with E-state index in [0.29, 0.717) is 6.61 Å². The van der Waals surface area contributed by atoms with E-state index in [1.807, 2.05) is 48.5 Å². The molecule has 0 bridgehead atoms. The molecular formula is C34H33NO3. The molecule has 5 aromatic rings. The van der Waals surface area contributed by atoms with Crippen LogP contribution < -0.4 is 14.4 Å². The van der Waals surface area contributed by atoms with Gasteiger partial charge in [0, 0.05) is 31.3 Å². The number of furan rings is 1. The summed E-state index contributed by atoms with van der Waals surface area (Å²) in [7, 11) is 0. The molecule has 0 atom stereocenters. The van der Waals surface area contributed by atoms with Gasteiger partial charge < -0.3 is 18.8 Å². The van der Waals surface area contributed by atoms with Gasteiger partial charge in [0.15, 0.2) is 0 Å². The first-order chi connectivity index (χ1) is 18.6. The van der Waals surface area contributed by atoms with Gasteiger partial charge in [-0.25, -0.2) is 0 Å². The van der Waals surface area contributed by atoms with Crippen LogP contribution in [0.4, 0.5) is 5.69 Å². The fraction of sp³-hybridized carbons (Fsp3) is 0.176. The number of hydrogen-bond donors (Lipinski definition) is 0. The first-order valence-corrected chi connectivity index (χ1v) is 13.0. The Morgan fingerprint density at radius 1 is 0.658 bits per heavy atom. The Hall–Kier alpha value is -4.44. The predicted molar refractivity (Wildman–Crippen MR) is 153 cm³/mol. The van der Waals surface area contributed by atoms with Crippen molar-refractivity contribution in [2.24, 2.45) is 0 Å². The number of ether oxygens (including phenoxy) is 2. The molecule has 0 aliphatic rings. The molecular weight excluding hydrogens is 470 g/mol. The monoisotopic (exact) mass is 503 g/mol. The molecule has 192 valence electrons. The maximum Gasteiger partial charge on any atom is 0.131 e. The lowest BCUT2D eigenvalue weighted by molar-refractivity contribution is 0.308. The summed E-state index contributed by atoms with van der Waals surface area (Å²) in [6.45, 7) is 6.57. The van der Waals surface area contributed by atoms with Crippen LogP contribution in [0.25, 0.3) is 0 Å². The summed E-state index contributed by atoms with van der Waals surface area (Å²) in [5.41, 5.74) is 6.40. The zero-order valence-electron chi connectivity index (χ0n) is 22.0. The molecule has 5 rings (SSSR count). The van der Waals surface area contributed by atoms with Crippen molar-refractivity contribution in [3.63, 3.8) is 0 Å². The molecule has 1 aromatic heterocycles. The fourth-order valence-electron chi connectivity index (χ4n) is 4.48. The Labute approximate surface area is 225 Å². The minimum Gasteiger partial charge on any atom is -0.493 e. The highest BCUT2D eigenvalue weighted by Gasteiger charge is 2.12. The van der Waals surface area contributed by atoms with E-state index in [1.165, 1.54) is 27.9 Å². The molecule has 4 heteroatoms. The van der Waals surface area contributed by atoms with Gasteiger partial charge in [-0.3, -0.25) is 0 Å². The second kappa shape index (κ2) is 12.2. The fourth-order valence-corrected chi connectivity index (χ4v) is 4.48. The second-order valence-corrected chi connectivity index (χ2v) is 9.46. The molecule has 1 heterocycles. The van der Waals surface area contributed by atoms with E-state index in [1.54, 1.807) is 6.26 Å². The second-order valence-electron chi connectivity index (χ2n) is 9.46. The van der Waals surface area contributed by atoms with E-state index >= 15 is 0 Å². The molecule has 0 radical (unpaired) electrons. The number of anilines is 1. The Morgan fingerprint density at radius 3 is 2.16 bits per heavy atom. The zero-order chi connectivity index (χ0) is 26.2. The zero-order valence-corrected chi connectivity index (χ0v) is 22.0. The Kier molecular flexibility index (Phi) is 8.10. The molecule has 0 aliphatic carbocycles. The maximum absolute atomic E-state index is 6.13. The first kappa shape index (κ1) is 25.2. The van der Waals surface area contributed by atoms with E-state index in [0.717, 1.165) is 42.5 Å². The summed E-state index contributed by atoms with van der Waals surface area (Å²) in [4.78, 5) is 2.44. The lowest BCUT2D eigenvalue weighted by atomic mass is 10.1. The van der Waals surface area contributed by atoms with Crippen molar-refractivity contribution in [1.29, 1.82) is 0 Å². The number of nitrogens with zero attached hydrogens (tertiary/aromatic N) is 1. The van der Waals surface area contributed by atoms with E-state index in [4.69, 9.17) is 13.9 Å². The molecule has 4 aromatic carbocycles. The highest BCUT2D eigenvalue weighted by Crippen LogP contribution is 2.29. The van der Waals surface area contributed by atoms with Crippen molar-refractivity contribution in [1.82, 2.24) is 0 Å². The van der Waals surface area contributed by atoms with E-state index in [9.17, 15) is 0 Å². The third-order valence-electron chi connectivity index (χ3n) is 6.67. The van der Waals surface area contributed by atoms with Crippen LogP contribution in [0.5, 0.6) is 17.2 Å². The minimum absolute atomic E-state index is 0.547. The summed E-state index contributed by atoms with van der Waals surface area (Å²) >= 11 is 0. The molecule has 0 unspecified atom stereocenters. The summed E-state index contributed by atoms with van der Waals surface area (Å²) < 4.78 is 17.4. The molecule has 0 spiro atoms. The van der Waals surface area contributed by atoms with Crippen molar-refractivity contribution >= 4 is 5.69 Å². The predicted octanol–water partition coefficient (Wildman–Crippen LogP) is 8.52. The minimum atomic E-state index is 0.547. The van der Waals surface area contributed by atoms with Crippen molar-refractivity contribution < 1.29 is 13.9 Å². The number of rotatable bonds is 11. The van der Waals surface area contributed by atoms with Crippen LogP contribution in [0.2, 0.25) is 0 Å². The maximum atomic E-state index is 6.13. The van der Waals surface area contributed by atoms with Crippen LogP contribution in [-0.4, -0.2) is 6.61 Å². The summed E-state index contributed by atoms with van der Waals surface area (Å²) in [6, 6.07) is 37.1. The number of aryl methyl sites for hydroxylation is 1. The van der Waals surface area contributed by atoms with E-state index in [-0.39, 0.29) is 0 Å². The van der Waals surface area contributed by atoms with Gasteiger partial charge in [0.25, 0.3) is 0 Å². The van der Waals surface area contributed by atoms with Crippen LogP contribution >= 0.6 is 0 Å². The van der Waals surface area contributed by atoms with Gasteiger partial charge >= 0.3 is 0 Å². The summed E-state index contributed by atoms with van der Waals surface area (Å²) in [5, 5.41) is 0. The van der Waals surface area contributed by atoms with Gasteiger partial charge in [0.2, 0.25) is 0 Å². The smallest absolute Gasteiger partial charge is 0.131 e. The lowest BCUT2D eigenvalue weighted by Crippen LogP contribution is -2.23. The van der Waals surface area contributed by atoms with Crippen LogP contribution in [0.15, 0.2) is 120 Å². The third kappa shape index (κ3) is 6.65. The highest BCUT2D eigenvalue weighted by atomic mass is 16.5. The van der Waals surface area contributed by atoms with Gasteiger partial charge in [-0.1, -0.05) is 60.7 Å². The molecule has 38 heavy (non-hydrogen) atoms. The first-order valence-electron chi connectivity index (χ1n) is 13.0. The van der Waals surface area contributed by atoms with Crippen LogP contribution in [-0.2, 0) is 19.5 Å². The molecule has 0 saturated carbocycles. The molecule has 0 N–H and O–H groups in total. The van der Waals surface area contributed by atoms with E-state index < -0.39 is 0 Å². The summed E-state index contributed by atoms with van der Waals surface area (Å²) in [6.07, 6.45) is 2.41. The van der Waals surface area contributed by atoms with Crippen LogP contribution in [0, 0.1) is 13.8 Å². The largest absolute Gasteiger partial charge is 0.493 e. The number of hydrogen-bond acceptors (Lipinski definition) is 4. The SMILES string of the molecule is Cc1cccc(N(Cc2ccccc2)Cc2ccc(Oc3cccc(OCCc4ccco4)c3)cc2)c1C. The van der Waals surface area contributed by atoms with Gasteiger partial charge in [0.05, 0.1) is 12.9 Å². The third-order valence-corrected chi connectivity index (χ3v) is 6.67. The van der Waals surface area contributed by atoms with Crippen molar-refractivity contribution in [3.8, 4) is 17.2 Å². The summed E-state index contributed by atoms with van der Waals surface area (Å²) in [5.74, 6) is 3.23. The van der Waals surface area contributed by atoms with Gasteiger partial charge in [-0.15, -0.1) is 0 Å². The van der Waals surface area contributed by atoms with Crippen molar-refractivity contribution in [2.75, 3.05) is 11.5 Å². The van der Waals surface area contributed by atoms with Crippen LogP contribution in [0.1, 0.15) is 28.0 Å². The number of benzene rings is 4. The average molecular weight is 504 g/mol. The van der Waals surface area contributed by atoms with Gasteiger partial charge in [-0.05, 0) is 78.6 Å². The Bertz CT molecular complexity index is 1430. The van der Waals surface area contributed by atoms with Crippen molar-refractivity contribution in [2.45, 2.75) is 33.4 Å². The van der Waals surface area contributed by atoms with Crippen molar-refractivity contribution in [3.05, 3.63) is 143 Å². The Morgan fingerprint density at radius 2 is 1.39 bits per heavy atom. The standard InChI is InChI=1S/C34H33NO3/c1-26-9-6-15-34(27(26)2)35(24-28-10-4-3-5-11-28)25-29-16-18-31(19-17-29)38-33-13-7-12-32(23-33)37-22-20-30-14-8-21-36-30/h3-19,21,23H,20,22,24-25H2,1-2H3. The normalized spacial score (nSPS) is 10.8. The van der Waals surface area contributed by atoms with E-state index in [2.05, 4.69) is 79.4 Å². The molecule has 0 aliphatic heterocycles. The molecule has 4 nitrogen and oxygen atoms in total. The lowest BCUT2D eigenvalue weighted by Gasteiger charge is -2.27. The van der Waals surface area contributed by atoms with Crippen LogP contribution in [0.3, 0.4) is 0 Å². The van der Waals surface area contributed by atoms with Gasteiger partial charge in [-0.2, -0.15) is 0 Å². The van der Waals surface area contributed by atoms with Gasteiger partial charge in [0.1, 0.15) is 23.0 Å². The molecule has 0 amide bonds. The molecule has 0 saturated heterocycles. The Balaban J connectivity index is 1.25. The quantitative estimate of drug-likeness (QED) is 0.181. The molecule has 0 fully saturated rings. The average Bonchev–Trinajstić information content (AvgIpc) is 3.46. The highest BCUT2D eigenvalue weighted by molar-refractivity contribution is 5.56. The topological polar surface area (TPSA) is 34.8 Å².